The first-order valence-corrected chi connectivity index (χ1v) is 12.3. The lowest BCUT2D eigenvalue weighted by Gasteiger charge is -2.37. The normalized spacial score (nSPS) is 36.9. The molecule has 5 atom stereocenters. The van der Waals surface area contributed by atoms with E-state index in [9.17, 15) is 19.5 Å². The Labute approximate surface area is 195 Å². The van der Waals surface area contributed by atoms with E-state index in [1.807, 2.05) is 31.2 Å². The molecule has 0 saturated carbocycles. The van der Waals surface area contributed by atoms with Crippen molar-refractivity contribution < 1.29 is 29.0 Å². The SMILES string of the molecule is CCCCCN1CC=C[C@]23O[C@@]4(C)/C=C\CCCOC(=O)[C@H]4[C@H]2C(=O)N(CCCO)C3C1=O. The molecule has 2 fully saturated rings. The molecule has 0 aromatic heterocycles. The van der Waals surface area contributed by atoms with Gasteiger partial charge in [0, 0.05) is 26.2 Å². The van der Waals surface area contributed by atoms with Gasteiger partial charge in [0.15, 0.2) is 0 Å². The summed E-state index contributed by atoms with van der Waals surface area (Å²) >= 11 is 0. The van der Waals surface area contributed by atoms with Crippen LogP contribution in [-0.4, -0.2) is 82.8 Å². The predicted octanol–water partition coefficient (Wildman–Crippen LogP) is 1.82. The first kappa shape index (κ1) is 24.0. The number of likely N-dealkylation sites (tertiary alicyclic amines) is 1. The van der Waals surface area contributed by atoms with Crippen molar-refractivity contribution in [3.8, 4) is 0 Å². The molecular formula is C25H36N2O6. The van der Waals surface area contributed by atoms with E-state index in [1.165, 1.54) is 4.90 Å². The highest BCUT2D eigenvalue weighted by Crippen LogP contribution is 2.57. The number of hydrogen-bond acceptors (Lipinski definition) is 6. The van der Waals surface area contributed by atoms with Crippen molar-refractivity contribution in [1.29, 1.82) is 0 Å². The number of ether oxygens (including phenoxy) is 2. The number of carbonyl (C=O) groups excluding carboxylic acids is 3. The summed E-state index contributed by atoms with van der Waals surface area (Å²) in [7, 11) is 0. The Balaban J connectivity index is 1.78. The number of nitrogens with zero attached hydrogens (tertiary/aromatic N) is 2. The highest BCUT2D eigenvalue weighted by atomic mass is 16.6. The molecule has 4 heterocycles. The number of unbranched alkanes of at least 4 members (excludes halogenated alkanes) is 2. The van der Waals surface area contributed by atoms with Gasteiger partial charge in [-0.3, -0.25) is 14.4 Å². The summed E-state index contributed by atoms with van der Waals surface area (Å²) in [5.41, 5.74) is -2.30. The van der Waals surface area contributed by atoms with E-state index in [-0.39, 0.29) is 25.0 Å². The third-order valence-electron chi connectivity index (χ3n) is 7.42. The van der Waals surface area contributed by atoms with Gasteiger partial charge in [0.05, 0.1) is 18.1 Å². The van der Waals surface area contributed by atoms with Gasteiger partial charge in [-0.1, -0.05) is 44.1 Å². The summed E-state index contributed by atoms with van der Waals surface area (Å²) in [6, 6.07) is -0.865. The molecule has 0 aliphatic carbocycles. The summed E-state index contributed by atoms with van der Waals surface area (Å²) in [6.45, 7) is 5.42. The third kappa shape index (κ3) is 4.01. The number of aliphatic hydroxyl groups is 1. The van der Waals surface area contributed by atoms with Gasteiger partial charge in [-0.25, -0.2) is 0 Å². The second kappa shape index (κ2) is 9.58. The van der Waals surface area contributed by atoms with Crippen LogP contribution in [0.5, 0.6) is 0 Å². The highest BCUT2D eigenvalue weighted by molar-refractivity contribution is 5.99. The van der Waals surface area contributed by atoms with Crippen molar-refractivity contribution in [2.45, 2.75) is 69.6 Å². The maximum atomic E-state index is 13.9. The number of amides is 2. The smallest absolute Gasteiger partial charge is 0.313 e. The fraction of sp³-hybridized carbons (Fsp3) is 0.720. The molecule has 1 unspecified atom stereocenters. The fourth-order valence-electron chi connectivity index (χ4n) is 5.92. The van der Waals surface area contributed by atoms with E-state index < -0.39 is 35.0 Å². The molecule has 8 nitrogen and oxygen atoms in total. The van der Waals surface area contributed by atoms with Crippen molar-refractivity contribution in [3.63, 3.8) is 0 Å². The van der Waals surface area contributed by atoms with E-state index >= 15 is 0 Å². The van der Waals surface area contributed by atoms with Crippen LogP contribution < -0.4 is 0 Å². The Hall–Kier alpha value is -2.19. The van der Waals surface area contributed by atoms with Crippen LogP contribution in [0.25, 0.3) is 0 Å². The Morgan fingerprint density at radius 1 is 1.06 bits per heavy atom. The van der Waals surface area contributed by atoms with Crippen molar-refractivity contribution >= 4 is 17.8 Å². The Morgan fingerprint density at radius 3 is 2.64 bits per heavy atom. The van der Waals surface area contributed by atoms with E-state index in [4.69, 9.17) is 9.47 Å². The number of rotatable bonds is 7. The molecule has 4 rings (SSSR count). The predicted molar refractivity (Wildman–Crippen MR) is 121 cm³/mol. The van der Waals surface area contributed by atoms with E-state index in [0.717, 1.165) is 25.7 Å². The van der Waals surface area contributed by atoms with Crippen LogP contribution in [0.1, 0.15) is 52.4 Å². The van der Waals surface area contributed by atoms with Crippen molar-refractivity contribution in [3.05, 3.63) is 24.3 Å². The van der Waals surface area contributed by atoms with Gasteiger partial charge in [-0.15, -0.1) is 0 Å². The zero-order valence-corrected chi connectivity index (χ0v) is 19.7. The number of carbonyl (C=O) groups is 3. The number of esters is 1. The second-order valence-electron chi connectivity index (χ2n) is 9.71. The molecule has 182 valence electrons. The zero-order chi connectivity index (χ0) is 23.6. The molecule has 1 spiro atoms. The number of cyclic esters (lactones) is 1. The summed E-state index contributed by atoms with van der Waals surface area (Å²) in [6.07, 6.45) is 12.4. The fourth-order valence-corrected chi connectivity index (χ4v) is 5.92. The Bertz CT molecular complexity index is 841. The van der Waals surface area contributed by atoms with E-state index in [2.05, 4.69) is 6.92 Å². The van der Waals surface area contributed by atoms with E-state index in [0.29, 0.717) is 32.5 Å². The zero-order valence-electron chi connectivity index (χ0n) is 19.7. The van der Waals surface area contributed by atoms with Crippen LogP contribution in [-0.2, 0) is 23.9 Å². The van der Waals surface area contributed by atoms with Gasteiger partial charge >= 0.3 is 5.97 Å². The van der Waals surface area contributed by atoms with Crippen LogP contribution in [0.4, 0.5) is 0 Å². The minimum Gasteiger partial charge on any atom is -0.465 e. The molecule has 4 aliphatic rings. The molecule has 1 N–H and O–H groups in total. The van der Waals surface area contributed by atoms with Gasteiger partial charge in [0.1, 0.15) is 17.6 Å². The molecule has 2 saturated heterocycles. The number of allylic oxidation sites excluding steroid dienone is 1. The van der Waals surface area contributed by atoms with Gasteiger partial charge in [0.2, 0.25) is 11.8 Å². The average Bonchev–Trinajstić information content (AvgIpc) is 3.13. The second-order valence-corrected chi connectivity index (χ2v) is 9.71. The molecule has 2 amide bonds. The largest absolute Gasteiger partial charge is 0.465 e. The van der Waals surface area contributed by atoms with Crippen LogP contribution in [0.3, 0.4) is 0 Å². The van der Waals surface area contributed by atoms with Crippen molar-refractivity contribution in [2.24, 2.45) is 11.8 Å². The molecule has 0 aromatic rings. The van der Waals surface area contributed by atoms with E-state index in [1.54, 1.807) is 4.90 Å². The number of hydrogen-bond donors (Lipinski definition) is 1. The van der Waals surface area contributed by atoms with Gasteiger partial charge in [-0.2, -0.15) is 0 Å². The first-order valence-electron chi connectivity index (χ1n) is 12.3. The van der Waals surface area contributed by atoms with Crippen LogP contribution in [0.2, 0.25) is 0 Å². The molecule has 33 heavy (non-hydrogen) atoms. The summed E-state index contributed by atoms with van der Waals surface area (Å²) in [5.74, 6) is -2.58. The van der Waals surface area contributed by atoms with Gasteiger partial charge < -0.3 is 24.4 Å². The first-order chi connectivity index (χ1) is 15.9. The molecule has 0 aromatic carbocycles. The van der Waals surface area contributed by atoms with Crippen molar-refractivity contribution in [2.75, 3.05) is 32.8 Å². The topological polar surface area (TPSA) is 96.4 Å². The Kier molecular flexibility index (Phi) is 6.96. The summed E-state index contributed by atoms with van der Waals surface area (Å²) < 4.78 is 12.2. The quantitative estimate of drug-likeness (QED) is 0.354. The third-order valence-corrected chi connectivity index (χ3v) is 7.42. The van der Waals surface area contributed by atoms with Crippen molar-refractivity contribution in [1.82, 2.24) is 9.80 Å². The molecule has 4 aliphatic heterocycles. The number of aliphatic hydroxyl groups excluding tert-OH is 1. The lowest BCUT2D eigenvalue weighted by atomic mass is 9.74. The monoisotopic (exact) mass is 460 g/mol. The molecule has 0 bridgehead atoms. The standard InChI is InChI=1S/C25H36N2O6/c1-3-4-7-13-26-14-9-12-25-18(21(29)27(15-10-16-28)20(25)22(26)30)19-23(31)32-17-8-5-6-11-24(19,2)33-25/h6,9,11-12,18-20,28H,3-5,7-8,10,13-17H2,1-2H3/b11-6-/t18-,19+,20?,24-,25-/m0/s1. The minimum atomic E-state index is -1.24. The summed E-state index contributed by atoms with van der Waals surface area (Å²) in [5, 5.41) is 9.44. The molecule has 8 heteroatoms. The summed E-state index contributed by atoms with van der Waals surface area (Å²) in [4.78, 5) is 44.3. The van der Waals surface area contributed by atoms with Crippen LogP contribution in [0.15, 0.2) is 24.3 Å². The molecule has 0 radical (unpaired) electrons. The van der Waals surface area contributed by atoms with Gasteiger partial charge in [-0.05, 0) is 32.6 Å². The number of fused-ring (bicyclic) bond motifs is 2. The maximum Gasteiger partial charge on any atom is 0.313 e. The minimum absolute atomic E-state index is 0.0921. The molecular weight excluding hydrogens is 424 g/mol. The van der Waals surface area contributed by atoms with Crippen LogP contribution >= 0.6 is 0 Å². The average molecular weight is 461 g/mol. The van der Waals surface area contributed by atoms with Gasteiger partial charge in [0.25, 0.3) is 0 Å². The lowest BCUT2D eigenvalue weighted by Crippen LogP contribution is -2.56. The lowest BCUT2D eigenvalue weighted by molar-refractivity contribution is -0.159. The Morgan fingerprint density at radius 2 is 1.88 bits per heavy atom. The highest BCUT2D eigenvalue weighted by Gasteiger charge is 2.74. The maximum absolute atomic E-state index is 13.9. The van der Waals surface area contributed by atoms with Crippen LogP contribution in [0, 0.1) is 11.8 Å².